The lowest BCUT2D eigenvalue weighted by molar-refractivity contribution is -0.117. The first-order valence-corrected chi connectivity index (χ1v) is 11.3. The van der Waals surface area contributed by atoms with Gasteiger partial charge in [0.25, 0.3) is 5.91 Å². The fourth-order valence-electron chi connectivity index (χ4n) is 3.08. The second kappa shape index (κ2) is 7.97. The highest BCUT2D eigenvalue weighted by Gasteiger charge is 2.46. The fraction of sp³-hybridized carbons (Fsp3) is 0.158. The van der Waals surface area contributed by atoms with Crippen LogP contribution in [0.1, 0.15) is 21.3 Å². The van der Waals surface area contributed by atoms with Crippen LogP contribution in [0.25, 0.3) is 0 Å². The molecule has 0 saturated carbocycles. The largest absolute Gasteiger partial charge is 0.503 e. The maximum atomic E-state index is 13.2. The molecule has 3 aromatic rings. The van der Waals surface area contributed by atoms with Crippen molar-refractivity contribution < 1.29 is 19.4 Å². The molecule has 2 aromatic heterocycles. The Morgan fingerprint density at radius 2 is 2.10 bits per heavy atom. The van der Waals surface area contributed by atoms with E-state index in [1.54, 1.807) is 41.8 Å². The van der Waals surface area contributed by atoms with E-state index in [2.05, 4.69) is 10.2 Å². The lowest BCUT2D eigenvalue weighted by atomic mass is 9.95. The molecule has 4 rings (SSSR count). The fourth-order valence-corrected chi connectivity index (χ4v) is 5.05. The molecule has 1 amide bonds. The highest BCUT2D eigenvalue weighted by molar-refractivity contribution is 8.00. The number of anilines is 1. The number of methoxy groups -OCH3 is 1. The molecule has 1 unspecified atom stereocenters. The van der Waals surface area contributed by atoms with Gasteiger partial charge in [-0.05, 0) is 35.4 Å². The minimum Gasteiger partial charge on any atom is -0.503 e. The molecular weight excluding hydrogens is 430 g/mol. The van der Waals surface area contributed by atoms with Gasteiger partial charge in [0.05, 0.1) is 23.6 Å². The zero-order valence-electron chi connectivity index (χ0n) is 15.4. The van der Waals surface area contributed by atoms with E-state index in [1.807, 2.05) is 6.26 Å². The van der Waals surface area contributed by atoms with E-state index in [1.165, 1.54) is 46.4 Å². The van der Waals surface area contributed by atoms with Crippen LogP contribution in [-0.4, -0.2) is 40.4 Å². The van der Waals surface area contributed by atoms with Crippen molar-refractivity contribution in [3.63, 3.8) is 0 Å². The van der Waals surface area contributed by atoms with Gasteiger partial charge in [-0.15, -0.1) is 21.5 Å². The average Bonchev–Trinajstić information content (AvgIpc) is 3.48. The van der Waals surface area contributed by atoms with Crippen LogP contribution in [0, 0.1) is 0 Å². The first-order valence-electron chi connectivity index (χ1n) is 8.41. The van der Waals surface area contributed by atoms with Crippen LogP contribution in [0.4, 0.5) is 5.13 Å². The van der Waals surface area contributed by atoms with Crippen molar-refractivity contribution in [1.29, 1.82) is 0 Å². The van der Waals surface area contributed by atoms with E-state index < -0.39 is 23.5 Å². The van der Waals surface area contributed by atoms with Gasteiger partial charge >= 0.3 is 0 Å². The summed E-state index contributed by atoms with van der Waals surface area (Å²) in [6.07, 6.45) is 1.86. The molecular formula is C19H15N3O4S3. The zero-order valence-corrected chi connectivity index (χ0v) is 17.8. The van der Waals surface area contributed by atoms with Crippen LogP contribution in [0.15, 0.2) is 57.5 Å². The van der Waals surface area contributed by atoms with Crippen LogP contribution in [-0.2, 0) is 4.79 Å². The van der Waals surface area contributed by atoms with E-state index in [9.17, 15) is 14.7 Å². The van der Waals surface area contributed by atoms with Gasteiger partial charge in [-0.2, -0.15) is 0 Å². The van der Waals surface area contributed by atoms with E-state index in [0.29, 0.717) is 25.7 Å². The molecule has 3 heterocycles. The number of carbonyl (C=O) groups excluding carboxylic acids is 2. The standard InChI is InChI=1S/C19H15N3O4S3/c1-26-11-6-3-5-10(9-11)14-13(15(23)12-7-4-8-28-12)16(24)17(25)22(14)18-20-21-19(27-2)29-18/h3-9,14,24H,1-2H3. The number of thiophene rings is 1. The number of carbonyl (C=O) groups is 2. The van der Waals surface area contributed by atoms with Gasteiger partial charge in [-0.1, -0.05) is 41.3 Å². The molecule has 10 heteroatoms. The summed E-state index contributed by atoms with van der Waals surface area (Å²) in [6.45, 7) is 0. The molecule has 1 aromatic carbocycles. The van der Waals surface area contributed by atoms with Crippen molar-refractivity contribution in [2.45, 2.75) is 10.4 Å². The number of nitrogens with zero attached hydrogens (tertiary/aromatic N) is 3. The maximum Gasteiger partial charge on any atom is 0.296 e. The minimum atomic E-state index is -0.838. The van der Waals surface area contributed by atoms with Crippen LogP contribution in [0.5, 0.6) is 5.75 Å². The number of thioether (sulfide) groups is 1. The van der Waals surface area contributed by atoms with Crippen molar-refractivity contribution in [2.75, 3.05) is 18.3 Å². The second-order valence-corrected chi connectivity index (χ2v) is 8.93. The summed E-state index contributed by atoms with van der Waals surface area (Å²) in [5.41, 5.74) is 0.647. The Bertz CT molecular complexity index is 1110. The Labute approximate surface area is 178 Å². The summed E-state index contributed by atoms with van der Waals surface area (Å²) in [5.74, 6) is -1.07. The maximum absolute atomic E-state index is 13.2. The summed E-state index contributed by atoms with van der Waals surface area (Å²) >= 11 is 3.88. The lowest BCUT2D eigenvalue weighted by Crippen LogP contribution is -2.31. The molecule has 0 spiro atoms. The predicted octanol–water partition coefficient (Wildman–Crippen LogP) is 4.11. The Kier molecular flexibility index (Phi) is 5.39. The van der Waals surface area contributed by atoms with Gasteiger partial charge in [0.2, 0.25) is 10.9 Å². The Balaban J connectivity index is 1.88. The number of aliphatic hydroxyl groups excluding tert-OH is 1. The molecule has 0 aliphatic carbocycles. The Morgan fingerprint density at radius 3 is 2.76 bits per heavy atom. The van der Waals surface area contributed by atoms with Crippen LogP contribution in [0.2, 0.25) is 0 Å². The van der Waals surface area contributed by atoms with Crippen molar-refractivity contribution in [3.05, 3.63) is 63.6 Å². The van der Waals surface area contributed by atoms with Gasteiger partial charge < -0.3 is 9.84 Å². The lowest BCUT2D eigenvalue weighted by Gasteiger charge is -2.24. The van der Waals surface area contributed by atoms with E-state index in [-0.39, 0.29) is 5.57 Å². The summed E-state index contributed by atoms with van der Waals surface area (Å²) in [4.78, 5) is 27.9. The highest BCUT2D eigenvalue weighted by atomic mass is 32.2. The number of aromatic nitrogens is 2. The number of amides is 1. The number of ketones is 1. The minimum absolute atomic E-state index is 0.0200. The number of rotatable bonds is 6. The van der Waals surface area contributed by atoms with Crippen LogP contribution >= 0.6 is 34.4 Å². The van der Waals surface area contributed by atoms with Crippen molar-refractivity contribution in [3.8, 4) is 5.75 Å². The molecule has 7 nitrogen and oxygen atoms in total. The predicted molar refractivity (Wildman–Crippen MR) is 113 cm³/mol. The molecule has 1 atom stereocenters. The Morgan fingerprint density at radius 1 is 1.28 bits per heavy atom. The SMILES string of the molecule is COc1cccc(C2C(C(=O)c3cccs3)=C(O)C(=O)N2c2nnc(SC)s2)c1. The number of Topliss-reactive ketones (excluding diaryl/α,β-unsaturated/α-hetero) is 1. The topological polar surface area (TPSA) is 92.6 Å². The van der Waals surface area contributed by atoms with Gasteiger partial charge in [0.15, 0.2) is 10.1 Å². The molecule has 0 radical (unpaired) electrons. The van der Waals surface area contributed by atoms with Gasteiger partial charge in [-0.3, -0.25) is 14.5 Å². The summed E-state index contributed by atoms with van der Waals surface area (Å²) in [6, 6.07) is 9.64. The molecule has 29 heavy (non-hydrogen) atoms. The molecule has 148 valence electrons. The summed E-state index contributed by atoms with van der Waals surface area (Å²) in [7, 11) is 1.54. The molecule has 1 N–H and O–H groups in total. The Hall–Kier alpha value is -2.69. The molecule has 0 bridgehead atoms. The normalized spacial score (nSPS) is 16.6. The van der Waals surface area contributed by atoms with Crippen molar-refractivity contribution >= 4 is 51.3 Å². The van der Waals surface area contributed by atoms with Crippen LogP contribution in [0.3, 0.4) is 0 Å². The highest BCUT2D eigenvalue weighted by Crippen LogP contribution is 2.44. The molecule has 0 fully saturated rings. The molecule has 1 aliphatic rings. The first kappa shape index (κ1) is 19.6. The van der Waals surface area contributed by atoms with Crippen LogP contribution < -0.4 is 9.64 Å². The smallest absolute Gasteiger partial charge is 0.296 e. The molecule has 0 saturated heterocycles. The average molecular weight is 446 g/mol. The number of benzene rings is 1. The van der Waals surface area contributed by atoms with Gasteiger partial charge in [0.1, 0.15) is 5.75 Å². The number of aliphatic hydroxyl groups is 1. The van der Waals surface area contributed by atoms with Gasteiger partial charge in [0, 0.05) is 0 Å². The third-order valence-corrected chi connectivity index (χ3v) is 7.15. The summed E-state index contributed by atoms with van der Waals surface area (Å²) < 4.78 is 5.98. The third kappa shape index (κ3) is 3.43. The summed E-state index contributed by atoms with van der Waals surface area (Å²) in [5, 5.41) is 20.9. The first-order chi connectivity index (χ1) is 14.0. The number of ether oxygens (including phenoxy) is 1. The quantitative estimate of drug-likeness (QED) is 0.347. The second-order valence-electron chi connectivity index (χ2n) is 5.98. The monoisotopic (exact) mass is 445 g/mol. The third-order valence-electron chi connectivity index (χ3n) is 4.38. The van der Waals surface area contributed by atoms with E-state index >= 15 is 0 Å². The number of hydrogen-bond donors (Lipinski definition) is 1. The van der Waals surface area contributed by atoms with Crippen molar-refractivity contribution in [1.82, 2.24) is 10.2 Å². The van der Waals surface area contributed by atoms with E-state index in [0.717, 1.165) is 0 Å². The molecule has 1 aliphatic heterocycles. The van der Waals surface area contributed by atoms with Gasteiger partial charge in [-0.25, -0.2) is 0 Å². The van der Waals surface area contributed by atoms with Crippen molar-refractivity contribution in [2.24, 2.45) is 0 Å². The van der Waals surface area contributed by atoms with E-state index in [4.69, 9.17) is 4.74 Å². The number of hydrogen-bond acceptors (Lipinski definition) is 9. The zero-order chi connectivity index (χ0) is 20.5.